The number of nitrogens with zero attached hydrogens (tertiary/aromatic N) is 5. The lowest BCUT2D eigenvalue weighted by atomic mass is 10.0. The van der Waals surface area contributed by atoms with Crippen molar-refractivity contribution < 1.29 is 0 Å². The Morgan fingerprint density at radius 3 is 2.62 bits per heavy atom. The van der Waals surface area contributed by atoms with E-state index >= 15 is 0 Å². The highest BCUT2D eigenvalue weighted by molar-refractivity contribution is 5.54. The molecule has 2 aromatic rings. The third-order valence-electron chi connectivity index (χ3n) is 5.01. The second-order valence-electron chi connectivity index (χ2n) is 6.68. The first-order valence-electron chi connectivity index (χ1n) is 8.68. The maximum Gasteiger partial charge on any atom is 0.140 e. The third-order valence-corrected chi connectivity index (χ3v) is 5.01. The van der Waals surface area contributed by atoms with E-state index in [1.807, 2.05) is 11.7 Å². The van der Waals surface area contributed by atoms with Crippen LogP contribution in [0.5, 0.6) is 0 Å². The number of likely N-dealkylation sites (tertiary alicyclic amines) is 1. The molecule has 0 aliphatic carbocycles. The van der Waals surface area contributed by atoms with Crippen molar-refractivity contribution in [3.63, 3.8) is 0 Å². The Hall–Kier alpha value is -1.92. The molecule has 0 atom stereocenters. The molecule has 1 aromatic carbocycles. The van der Waals surface area contributed by atoms with Gasteiger partial charge in [0.05, 0.1) is 6.54 Å². The molecule has 0 unspecified atom stereocenters. The number of para-hydroxylation sites is 1. The third kappa shape index (κ3) is 3.94. The second kappa shape index (κ2) is 7.77. The number of piperidine rings is 1. The van der Waals surface area contributed by atoms with Crippen molar-refractivity contribution in [2.24, 2.45) is 7.05 Å². The molecule has 1 aliphatic rings. The molecule has 0 spiro atoms. The summed E-state index contributed by atoms with van der Waals surface area (Å²) < 4.78 is 1.81. The predicted molar refractivity (Wildman–Crippen MR) is 96.9 cm³/mol. The summed E-state index contributed by atoms with van der Waals surface area (Å²) >= 11 is 0. The standard InChI is InChI=1S/C18H28N6/c1-22-10-8-16(9-11-22)23(2)17-7-5-4-6-15(17)12-19-13-18-20-14-21-24(18)3/h4-7,14,16,19H,8-13H2,1-3H3. The average Bonchev–Trinajstić information content (AvgIpc) is 3.00. The van der Waals surface area contributed by atoms with E-state index in [1.165, 1.54) is 37.2 Å². The number of hydrogen-bond donors (Lipinski definition) is 1. The summed E-state index contributed by atoms with van der Waals surface area (Å²) in [5, 5.41) is 7.60. The number of aromatic nitrogens is 3. The van der Waals surface area contributed by atoms with Crippen molar-refractivity contribution >= 4 is 5.69 Å². The van der Waals surface area contributed by atoms with E-state index in [2.05, 4.69) is 63.6 Å². The van der Waals surface area contributed by atoms with Crippen molar-refractivity contribution in [1.82, 2.24) is 25.0 Å². The molecule has 6 heteroatoms. The molecule has 1 aliphatic heterocycles. The highest BCUT2D eigenvalue weighted by Crippen LogP contribution is 2.25. The van der Waals surface area contributed by atoms with Crippen LogP contribution in [0, 0.1) is 0 Å². The van der Waals surface area contributed by atoms with Gasteiger partial charge < -0.3 is 15.1 Å². The lowest BCUT2D eigenvalue weighted by Gasteiger charge is -2.37. The first-order chi connectivity index (χ1) is 11.6. The van der Waals surface area contributed by atoms with Gasteiger partial charge >= 0.3 is 0 Å². The summed E-state index contributed by atoms with van der Waals surface area (Å²) in [6, 6.07) is 9.32. The maximum atomic E-state index is 4.26. The van der Waals surface area contributed by atoms with Gasteiger partial charge in [0.1, 0.15) is 12.2 Å². The number of nitrogens with one attached hydrogen (secondary N) is 1. The van der Waals surface area contributed by atoms with Gasteiger partial charge in [-0.05, 0) is 44.6 Å². The van der Waals surface area contributed by atoms with Crippen LogP contribution in [0.1, 0.15) is 24.2 Å². The van der Waals surface area contributed by atoms with E-state index in [-0.39, 0.29) is 0 Å². The van der Waals surface area contributed by atoms with Crippen LogP contribution in [-0.4, -0.2) is 52.9 Å². The monoisotopic (exact) mass is 328 g/mol. The van der Waals surface area contributed by atoms with Gasteiger partial charge in [-0.3, -0.25) is 4.68 Å². The van der Waals surface area contributed by atoms with E-state index < -0.39 is 0 Å². The van der Waals surface area contributed by atoms with Gasteiger partial charge in [-0.1, -0.05) is 18.2 Å². The molecule has 3 rings (SSSR count). The van der Waals surface area contributed by atoms with Crippen LogP contribution >= 0.6 is 0 Å². The van der Waals surface area contributed by atoms with Crippen molar-refractivity contribution in [2.75, 3.05) is 32.1 Å². The zero-order valence-electron chi connectivity index (χ0n) is 14.9. The van der Waals surface area contributed by atoms with Crippen molar-refractivity contribution in [1.29, 1.82) is 0 Å². The summed E-state index contributed by atoms with van der Waals surface area (Å²) in [5.41, 5.74) is 2.67. The summed E-state index contributed by atoms with van der Waals surface area (Å²) in [4.78, 5) is 9.14. The number of benzene rings is 1. The van der Waals surface area contributed by atoms with Gasteiger partial charge in [-0.2, -0.15) is 5.10 Å². The van der Waals surface area contributed by atoms with Gasteiger partial charge in [0.15, 0.2) is 0 Å². The predicted octanol–water partition coefficient (Wildman–Crippen LogP) is 1.64. The van der Waals surface area contributed by atoms with E-state index in [1.54, 1.807) is 6.33 Å². The average molecular weight is 328 g/mol. The summed E-state index contributed by atoms with van der Waals surface area (Å²) in [7, 11) is 6.36. The van der Waals surface area contributed by atoms with E-state index in [9.17, 15) is 0 Å². The SMILES string of the molecule is CN1CCC(N(C)c2ccccc2CNCc2ncnn2C)CC1. The Bertz CT molecular complexity index is 644. The van der Waals surface area contributed by atoms with E-state index in [0.717, 1.165) is 18.9 Å². The molecule has 1 N–H and O–H groups in total. The van der Waals surface area contributed by atoms with Crippen LogP contribution in [0.3, 0.4) is 0 Å². The van der Waals surface area contributed by atoms with Crippen LogP contribution in [-0.2, 0) is 20.1 Å². The van der Waals surface area contributed by atoms with Crippen LogP contribution in [0.4, 0.5) is 5.69 Å². The number of aryl methyl sites for hydroxylation is 1. The Balaban J connectivity index is 1.63. The zero-order valence-corrected chi connectivity index (χ0v) is 14.9. The minimum atomic E-state index is 0.626. The Morgan fingerprint density at radius 1 is 1.17 bits per heavy atom. The first kappa shape index (κ1) is 16.9. The molecule has 1 aromatic heterocycles. The fourth-order valence-corrected chi connectivity index (χ4v) is 3.37. The molecule has 1 saturated heterocycles. The molecule has 2 heterocycles. The smallest absolute Gasteiger partial charge is 0.140 e. The topological polar surface area (TPSA) is 49.2 Å². The van der Waals surface area contributed by atoms with Crippen LogP contribution < -0.4 is 10.2 Å². The lowest BCUT2D eigenvalue weighted by molar-refractivity contribution is 0.252. The van der Waals surface area contributed by atoms with Crippen molar-refractivity contribution in [2.45, 2.75) is 32.0 Å². The maximum absolute atomic E-state index is 4.26. The number of anilines is 1. The molecule has 0 bridgehead atoms. The van der Waals surface area contributed by atoms with Gasteiger partial charge in [-0.15, -0.1) is 0 Å². The Morgan fingerprint density at radius 2 is 1.92 bits per heavy atom. The minimum absolute atomic E-state index is 0.626. The van der Waals surface area contributed by atoms with Crippen molar-refractivity contribution in [3.8, 4) is 0 Å². The molecular formula is C18H28N6. The Kier molecular flexibility index (Phi) is 5.48. The van der Waals surface area contributed by atoms with E-state index in [4.69, 9.17) is 0 Å². The van der Waals surface area contributed by atoms with Crippen molar-refractivity contribution in [3.05, 3.63) is 42.0 Å². The van der Waals surface area contributed by atoms with E-state index in [0.29, 0.717) is 6.04 Å². The van der Waals surface area contributed by atoms with Gasteiger partial charge in [0, 0.05) is 32.4 Å². The first-order valence-corrected chi connectivity index (χ1v) is 8.68. The number of rotatable bonds is 6. The number of hydrogen-bond acceptors (Lipinski definition) is 5. The molecule has 1 fully saturated rings. The highest BCUT2D eigenvalue weighted by atomic mass is 15.3. The molecule has 0 saturated carbocycles. The molecule has 130 valence electrons. The van der Waals surface area contributed by atoms with Crippen LogP contribution in [0.15, 0.2) is 30.6 Å². The van der Waals surface area contributed by atoms with Gasteiger partial charge in [-0.25, -0.2) is 4.98 Å². The normalized spacial score (nSPS) is 16.5. The summed E-state index contributed by atoms with van der Waals surface area (Å²) in [6.07, 6.45) is 4.06. The lowest BCUT2D eigenvalue weighted by Crippen LogP contribution is -2.42. The molecular weight excluding hydrogens is 300 g/mol. The summed E-state index contributed by atoms with van der Waals surface area (Å²) in [5.74, 6) is 0.955. The fraction of sp³-hybridized carbons (Fsp3) is 0.556. The molecule has 24 heavy (non-hydrogen) atoms. The van der Waals surface area contributed by atoms with Gasteiger partial charge in [0.2, 0.25) is 0 Å². The summed E-state index contributed by atoms with van der Waals surface area (Å²) in [6.45, 7) is 3.92. The Labute approximate surface area is 144 Å². The molecule has 0 radical (unpaired) electrons. The highest BCUT2D eigenvalue weighted by Gasteiger charge is 2.22. The quantitative estimate of drug-likeness (QED) is 0.873. The largest absolute Gasteiger partial charge is 0.371 e. The molecule has 6 nitrogen and oxygen atoms in total. The zero-order chi connectivity index (χ0) is 16.9. The van der Waals surface area contributed by atoms with Crippen LogP contribution in [0.2, 0.25) is 0 Å². The van der Waals surface area contributed by atoms with Gasteiger partial charge in [0.25, 0.3) is 0 Å². The second-order valence-corrected chi connectivity index (χ2v) is 6.68. The fourth-order valence-electron chi connectivity index (χ4n) is 3.37. The molecule has 0 amide bonds. The minimum Gasteiger partial charge on any atom is -0.371 e. The van der Waals surface area contributed by atoms with Crippen LogP contribution in [0.25, 0.3) is 0 Å².